The molecule has 0 bridgehead atoms. The van der Waals surface area contributed by atoms with Crippen LogP contribution in [0.5, 0.6) is 0 Å². The Bertz CT molecular complexity index is 149. The van der Waals surface area contributed by atoms with E-state index < -0.39 is 0 Å². The van der Waals surface area contributed by atoms with Crippen molar-refractivity contribution >= 4 is 5.97 Å². The van der Waals surface area contributed by atoms with Gasteiger partial charge >= 0.3 is 5.97 Å². The summed E-state index contributed by atoms with van der Waals surface area (Å²) in [6, 6.07) is -0.273. The first kappa shape index (κ1) is 8.49. The van der Waals surface area contributed by atoms with E-state index in [0.29, 0.717) is 0 Å². The lowest BCUT2D eigenvalue weighted by molar-refractivity contribution is -0.145. The molecule has 1 aliphatic heterocycles. The molecule has 1 heterocycles. The molecule has 0 unspecified atom stereocenters. The van der Waals surface area contributed by atoms with Gasteiger partial charge in [-0.25, -0.2) is 0 Å². The first-order valence-corrected chi connectivity index (χ1v) is 3.63. The number of hydrogen-bond acceptors (Lipinski definition) is 4. The average molecular weight is 159 g/mol. The third-order valence-electron chi connectivity index (χ3n) is 1.92. The normalized spacial score (nSPS) is 30.4. The molecule has 0 aromatic rings. The largest absolute Gasteiger partial charge is 0.468 e. The van der Waals surface area contributed by atoms with Gasteiger partial charge in [0.2, 0.25) is 0 Å². The summed E-state index contributed by atoms with van der Waals surface area (Å²) < 4.78 is 9.67. The fourth-order valence-corrected chi connectivity index (χ4v) is 1.30. The summed E-state index contributed by atoms with van der Waals surface area (Å²) in [6.07, 6.45) is 0.846. The monoisotopic (exact) mass is 159 g/mol. The van der Waals surface area contributed by atoms with Crippen LogP contribution < -0.4 is 5.32 Å². The molecule has 64 valence electrons. The van der Waals surface area contributed by atoms with E-state index in [-0.39, 0.29) is 18.1 Å². The first-order chi connectivity index (χ1) is 5.29. The average Bonchev–Trinajstić information content (AvgIpc) is 2.50. The van der Waals surface area contributed by atoms with Gasteiger partial charge in [0.15, 0.2) is 0 Å². The molecule has 1 N–H and O–H groups in total. The zero-order valence-corrected chi connectivity index (χ0v) is 6.79. The number of rotatable bonds is 2. The molecule has 11 heavy (non-hydrogen) atoms. The van der Waals surface area contributed by atoms with Crippen LogP contribution in [0.3, 0.4) is 0 Å². The van der Waals surface area contributed by atoms with Crippen molar-refractivity contribution in [3.63, 3.8) is 0 Å². The number of methoxy groups -OCH3 is 2. The number of carbonyl (C=O) groups is 1. The maximum atomic E-state index is 11.0. The van der Waals surface area contributed by atoms with E-state index in [0.717, 1.165) is 13.0 Å². The van der Waals surface area contributed by atoms with Crippen molar-refractivity contribution in [2.75, 3.05) is 20.8 Å². The van der Waals surface area contributed by atoms with Crippen LogP contribution in [0, 0.1) is 0 Å². The standard InChI is InChI=1S/C7H13NO3/c1-10-5-3-4-8-6(5)7(9)11-2/h5-6,8H,3-4H2,1-2H3/t5-,6-/m0/s1. The molecule has 2 atom stereocenters. The highest BCUT2D eigenvalue weighted by molar-refractivity contribution is 5.76. The van der Waals surface area contributed by atoms with E-state index in [2.05, 4.69) is 10.1 Å². The maximum Gasteiger partial charge on any atom is 0.325 e. The highest BCUT2D eigenvalue weighted by Gasteiger charge is 2.33. The Labute approximate surface area is 65.9 Å². The zero-order chi connectivity index (χ0) is 8.27. The van der Waals surface area contributed by atoms with Crippen molar-refractivity contribution in [1.29, 1.82) is 0 Å². The molecule has 1 aliphatic rings. The molecule has 0 spiro atoms. The minimum absolute atomic E-state index is 0.0255. The molecule has 0 aliphatic carbocycles. The molecule has 1 fully saturated rings. The van der Waals surface area contributed by atoms with Crippen LogP contribution in [0.2, 0.25) is 0 Å². The Kier molecular flexibility index (Phi) is 2.84. The van der Waals surface area contributed by atoms with Gasteiger partial charge < -0.3 is 14.8 Å². The van der Waals surface area contributed by atoms with E-state index >= 15 is 0 Å². The van der Waals surface area contributed by atoms with Crippen LogP contribution in [-0.2, 0) is 14.3 Å². The number of carbonyl (C=O) groups excluding carboxylic acids is 1. The molecule has 0 saturated carbocycles. The maximum absolute atomic E-state index is 11.0. The summed E-state index contributed by atoms with van der Waals surface area (Å²) in [5, 5.41) is 3.01. The van der Waals surface area contributed by atoms with Crippen LogP contribution in [0.4, 0.5) is 0 Å². The van der Waals surface area contributed by atoms with Crippen molar-refractivity contribution < 1.29 is 14.3 Å². The second kappa shape index (κ2) is 3.69. The van der Waals surface area contributed by atoms with Gasteiger partial charge in [0, 0.05) is 7.11 Å². The quantitative estimate of drug-likeness (QED) is 0.554. The Morgan fingerprint density at radius 1 is 1.55 bits per heavy atom. The SMILES string of the molecule is COC(=O)[C@H]1NCC[C@@H]1OC. The van der Waals surface area contributed by atoms with E-state index in [4.69, 9.17) is 4.74 Å². The Balaban J connectivity index is 2.49. The minimum atomic E-state index is -0.273. The molecule has 0 aromatic heterocycles. The summed E-state index contributed by atoms with van der Waals surface area (Å²) in [6.45, 7) is 0.818. The number of ether oxygens (including phenoxy) is 2. The number of hydrogen-bond donors (Lipinski definition) is 1. The van der Waals surface area contributed by atoms with Gasteiger partial charge in [-0.2, -0.15) is 0 Å². The van der Waals surface area contributed by atoms with Crippen LogP contribution in [0.15, 0.2) is 0 Å². The summed E-state index contributed by atoms with van der Waals surface area (Å²) in [5.41, 5.74) is 0. The van der Waals surface area contributed by atoms with Gasteiger partial charge in [-0.3, -0.25) is 4.79 Å². The number of nitrogens with one attached hydrogen (secondary N) is 1. The van der Waals surface area contributed by atoms with Crippen molar-refractivity contribution in [3.8, 4) is 0 Å². The molecule has 0 amide bonds. The Morgan fingerprint density at radius 2 is 2.27 bits per heavy atom. The van der Waals surface area contributed by atoms with Crippen molar-refractivity contribution in [2.24, 2.45) is 0 Å². The summed E-state index contributed by atoms with van der Waals surface area (Å²) in [4.78, 5) is 11.0. The fourth-order valence-electron chi connectivity index (χ4n) is 1.30. The molecule has 0 radical (unpaired) electrons. The molecule has 1 saturated heterocycles. The van der Waals surface area contributed by atoms with Gasteiger partial charge in [-0.15, -0.1) is 0 Å². The van der Waals surface area contributed by atoms with Gasteiger partial charge in [0.05, 0.1) is 13.2 Å². The Hall–Kier alpha value is -0.610. The fraction of sp³-hybridized carbons (Fsp3) is 0.857. The molecule has 4 heteroatoms. The van der Waals surface area contributed by atoms with Crippen molar-refractivity contribution in [2.45, 2.75) is 18.6 Å². The predicted molar refractivity (Wildman–Crippen MR) is 39.2 cm³/mol. The van der Waals surface area contributed by atoms with Gasteiger partial charge in [0.25, 0.3) is 0 Å². The Morgan fingerprint density at radius 3 is 2.82 bits per heavy atom. The zero-order valence-electron chi connectivity index (χ0n) is 6.79. The molecule has 1 rings (SSSR count). The highest BCUT2D eigenvalue weighted by atomic mass is 16.5. The molecular weight excluding hydrogens is 146 g/mol. The molecule has 4 nitrogen and oxygen atoms in total. The van der Waals surface area contributed by atoms with E-state index in [1.165, 1.54) is 7.11 Å². The third kappa shape index (κ3) is 1.70. The van der Waals surface area contributed by atoms with E-state index in [1.54, 1.807) is 7.11 Å². The lowest BCUT2D eigenvalue weighted by Crippen LogP contribution is -2.40. The second-order valence-electron chi connectivity index (χ2n) is 2.52. The van der Waals surface area contributed by atoms with Crippen LogP contribution in [0.25, 0.3) is 0 Å². The summed E-state index contributed by atoms with van der Waals surface area (Å²) >= 11 is 0. The highest BCUT2D eigenvalue weighted by Crippen LogP contribution is 2.11. The molecule has 0 aromatic carbocycles. The van der Waals surface area contributed by atoms with Crippen molar-refractivity contribution in [1.82, 2.24) is 5.32 Å². The second-order valence-corrected chi connectivity index (χ2v) is 2.52. The smallest absolute Gasteiger partial charge is 0.325 e. The topological polar surface area (TPSA) is 47.6 Å². The van der Waals surface area contributed by atoms with Gasteiger partial charge in [-0.05, 0) is 13.0 Å². The lowest BCUT2D eigenvalue weighted by atomic mass is 10.2. The van der Waals surface area contributed by atoms with Gasteiger partial charge in [-0.1, -0.05) is 0 Å². The molecular formula is C7H13NO3. The lowest BCUT2D eigenvalue weighted by Gasteiger charge is -2.14. The minimum Gasteiger partial charge on any atom is -0.468 e. The van der Waals surface area contributed by atoms with Crippen molar-refractivity contribution in [3.05, 3.63) is 0 Å². The van der Waals surface area contributed by atoms with E-state index in [9.17, 15) is 4.79 Å². The van der Waals surface area contributed by atoms with Crippen LogP contribution in [-0.4, -0.2) is 38.9 Å². The predicted octanol–water partition coefficient (Wildman–Crippen LogP) is -0.464. The van der Waals surface area contributed by atoms with Crippen LogP contribution >= 0.6 is 0 Å². The first-order valence-electron chi connectivity index (χ1n) is 3.63. The third-order valence-corrected chi connectivity index (χ3v) is 1.92. The van der Waals surface area contributed by atoms with E-state index in [1.807, 2.05) is 0 Å². The number of esters is 1. The van der Waals surface area contributed by atoms with Crippen LogP contribution in [0.1, 0.15) is 6.42 Å². The summed E-state index contributed by atoms with van der Waals surface area (Å²) in [5.74, 6) is -0.241. The van der Waals surface area contributed by atoms with Gasteiger partial charge in [0.1, 0.15) is 6.04 Å². The summed E-state index contributed by atoms with van der Waals surface area (Å²) in [7, 11) is 2.99.